The van der Waals surface area contributed by atoms with Gasteiger partial charge in [-0.05, 0) is 69.0 Å². The lowest BCUT2D eigenvalue weighted by atomic mass is 9.66. The third-order valence-electron chi connectivity index (χ3n) is 6.31. The average Bonchev–Trinajstić information content (AvgIpc) is 2.95. The number of nitrogens with zero attached hydrogens (tertiary/aromatic N) is 2. The highest BCUT2D eigenvalue weighted by molar-refractivity contribution is 5.61. The lowest BCUT2D eigenvalue weighted by Gasteiger charge is -2.39. The summed E-state index contributed by atoms with van der Waals surface area (Å²) >= 11 is 0. The van der Waals surface area contributed by atoms with E-state index in [1.165, 1.54) is 12.0 Å². The van der Waals surface area contributed by atoms with Crippen molar-refractivity contribution in [2.45, 2.75) is 44.6 Å². The summed E-state index contributed by atoms with van der Waals surface area (Å²) in [7, 11) is 4.13. The molecule has 2 aliphatic carbocycles. The second-order valence-corrected chi connectivity index (χ2v) is 8.51. The van der Waals surface area contributed by atoms with Crippen LogP contribution >= 0.6 is 0 Å². The van der Waals surface area contributed by atoms with Gasteiger partial charge in [-0.2, -0.15) is 0 Å². The Morgan fingerprint density at radius 2 is 1.96 bits per heavy atom. The first-order valence-corrected chi connectivity index (χ1v) is 10.1. The molecule has 0 saturated heterocycles. The van der Waals surface area contributed by atoms with E-state index in [4.69, 9.17) is 4.84 Å². The molecule has 2 saturated carbocycles. The zero-order chi connectivity index (χ0) is 18.5. The van der Waals surface area contributed by atoms with Crippen LogP contribution in [0.25, 0.3) is 0 Å². The fourth-order valence-corrected chi connectivity index (χ4v) is 5.15. The van der Waals surface area contributed by atoms with Crippen LogP contribution in [-0.2, 0) is 4.84 Å². The lowest BCUT2D eigenvalue weighted by Crippen LogP contribution is -2.34. The number of fused-ring (bicyclic) bond motifs is 1. The molecule has 0 spiro atoms. The first-order valence-electron chi connectivity index (χ1n) is 10.1. The SMILES string of the molecule is C[C@H]1C[C@H](c2ccccc2)C[C@H]2[C@H]1[C@@H](/C=N/OCCCN(C)C)C[C@@H]2O. The molecule has 0 aliphatic heterocycles. The van der Waals surface area contributed by atoms with Gasteiger partial charge in [-0.1, -0.05) is 42.4 Å². The molecule has 1 aromatic rings. The number of rotatable bonds is 7. The normalized spacial score (nSPS) is 34.3. The van der Waals surface area contributed by atoms with Gasteiger partial charge in [-0.15, -0.1) is 0 Å². The van der Waals surface area contributed by atoms with Gasteiger partial charge >= 0.3 is 0 Å². The molecule has 2 aliphatic rings. The fraction of sp³-hybridized carbons (Fsp3) is 0.682. The lowest BCUT2D eigenvalue weighted by molar-refractivity contribution is 0.0659. The van der Waals surface area contributed by atoms with E-state index in [9.17, 15) is 5.11 Å². The topological polar surface area (TPSA) is 45.1 Å². The van der Waals surface area contributed by atoms with Gasteiger partial charge in [0.1, 0.15) is 6.61 Å². The van der Waals surface area contributed by atoms with Crippen molar-refractivity contribution in [3.05, 3.63) is 35.9 Å². The molecular formula is C22H34N2O2. The number of benzene rings is 1. The van der Waals surface area contributed by atoms with Crippen LogP contribution in [-0.4, -0.2) is 49.6 Å². The average molecular weight is 359 g/mol. The minimum Gasteiger partial charge on any atom is -0.396 e. The molecular weight excluding hydrogens is 324 g/mol. The van der Waals surface area contributed by atoms with Crippen LogP contribution in [0, 0.1) is 23.7 Å². The number of aliphatic hydroxyl groups excluding tert-OH is 1. The summed E-state index contributed by atoms with van der Waals surface area (Å²) in [6, 6.07) is 10.8. The van der Waals surface area contributed by atoms with Crippen LogP contribution < -0.4 is 0 Å². The smallest absolute Gasteiger partial charge is 0.118 e. The van der Waals surface area contributed by atoms with Crippen LogP contribution in [0.5, 0.6) is 0 Å². The first kappa shape index (κ1) is 19.4. The van der Waals surface area contributed by atoms with Gasteiger partial charge in [0.2, 0.25) is 0 Å². The molecule has 0 radical (unpaired) electrons. The number of hydrogen-bond donors (Lipinski definition) is 1. The van der Waals surface area contributed by atoms with Crippen molar-refractivity contribution in [2.75, 3.05) is 27.2 Å². The van der Waals surface area contributed by atoms with Gasteiger partial charge in [-0.3, -0.25) is 0 Å². The van der Waals surface area contributed by atoms with Crippen LogP contribution in [0.15, 0.2) is 35.5 Å². The van der Waals surface area contributed by atoms with Crippen LogP contribution in [0.2, 0.25) is 0 Å². The van der Waals surface area contributed by atoms with Crippen molar-refractivity contribution >= 4 is 6.21 Å². The zero-order valence-electron chi connectivity index (χ0n) is 16.4. The van der Waals surface area contributed by atoms with E-state index in [0.717, 1.165) is 25.8 Å². The Labute approximate surface area is 158 Å². The second kappa shape index (κ2) is 9.01. The summed E-state index contributed by atoms with van der Waals surface area (Å²) in [5, 5.41) is 14.9. The third kappa shape index (κ3) is 4.66. The van der Waals surface area contributed by atoms with Crippen molar-refractivity contribution in [3.8, 4) is 0 Å². The van der Waals surface area contributed by atoms with E-state index in [1.807, 2.05) is 6.21 Å². The molecule has 0 bridgehead atoms. The number of hydrogen-bond acceptors (Lipinski definition) is 4. The minimum atomic E-state index is -0.209. The van der Waals surface area contributed by atoms with Crippen molar-refractivity contribution in [1.29, 1.82) is 0 Å². The molecule has 4 nitrogen and oxygen atoms in total. The second-order valence-electron chi connectivity index (χ2n) is 8.51. The molecule has 144 valence electrons. The van der Waals surface area contributed by atoms with Gasteiger partial charge in [0.15, 0.2) is 0 Å². The van der Waals surface area contributed by atoms with E-state index >= 15 is 0 Å². The molecule has 1 aromatic carbocycles. The van der Waals surface area contributed by atoms with Crippen molar-refractivity contribution in [2.24, 2.45) is 28.8 Å². The summed E-state index contributed by atoms with van der Waals surface area (Å²) < 4.78 is 0. The van der Waals surface area contributed by atoms with E-state index < -0.39 is 0 Å². The summed E-state index contributed by atoms with van der Waals surface area (Å²) in [5.41, 5.74) is 1.42. The van der Waals surface area contributed by atoms with Gasteiger partial charge in [-0.25, -0.2) is 0 Å². The Morgan fingerprint density at radius 3 is 2.69 bits per heavy atom. The monoisotopic (exact) mass is 358 g/mol. The first-order chi connectivity index (χ1) is 12.6. The molecule has 0 heterocycles. The van der Waals surface area contributed by atoms with Gasteiger partial charge in [0, 0.05) is 18.7 Å². The van der Waals surface area contributed by atoms with E-state index in [2.05, 4.69) is 61.4 Å². The summed E-state index contributed by atoms with van der Waals surface area (Å²) in [6.07, 6.45) is 5.87. The Balaban J connectivity index is 1.56. The zero-order valence-corrected chi connectivity index (χ0v) is 16.4. The largest absolute Gasteiger partial charge is 0.396 e. The van der Waals surface area contributed by atoms with E-state index in [1.54, 1.807) is 0 Å². The molecule has 0 aromatic heterocycles. The van der Waals surface area contributed by atoms with Gasteiger partial charge in [0.05, 0.1) is 6.10 Å². The molecule has 0 unspecified atom stereocenters. The van der Waals surface area contributed by atoms with E-state index in [0.29, 0.717) is 36.2 Å². The molecule has 0 amide bonds. The fourth-order valence-electron chi connectivity index (χ4n) is 5.15. The molecule has 1 N–H and O–H groups in total. The van der Waals surface area contributed by atoms with Gasteiger partial charge in [0.25, 0.3) is 0 Å². The Morgan fingerprint density at radius 1 is 1.19 bits per heavy atom. The number of aliphatic hydroxyl groups is 1. The summed E-state index contributed by atoms with van der Waals surface area (Å²) in [6.45, 7) is 4.02. The van der Waals surface area contributed by atoms with E-state index in [-0.39, 0.29) is 6.10 Å². The maximum absolute atomic E-state index is 10.7. The molecule has 2 fully saturated rings. The molecule has 6 atom stereocenters. The van der Waals surface area contributed by atoms with Crippen LogP contribution in [0.1, 0.15) is 44.1 Å². The maximum atomic E-state index is 10.7. The maximum Gasteiger partial charge on any atom is 0.118 e. The standard InChI is InChI=1S/C22H34N2O2/c1-16-12-18(17-8-5-4-6-9-17)13-20-21(25)14-19(22(16)20)15-23-26-11-7-10-24(2)3/h4-6,8-9,15-16,18-22,25H,7,10-14H2,1-3H3/b23-15+/t16-,18-,19+,20+,21-,22+/m0/s1. The Bertz CT molecular complexity index is 575. The Hall–Kier alpha value is -1.39. The summed E-state index contributed by atoms with van der Waals surface area (Å²) in [5.74, 6) is 2.42. The highest BCUT2D eigenvalue weighted by atomic mass is 16.6. The molecule has 26 heavy (non-hydrogen) atoms. The van der Waals surface area contributed by atoms with Gasteiger partial charge < -0.3 is 14.8 Å². The van der Waals surface area contributed by atoms with Crippen molar-refractivity contribution in [1.82, 2.24) is 4.90 Å². The Kier molecular flexibility index (Phi) is 6.71. The summed E-state index contributed by atoms with van der Waals surface area (Å²) in [4.78, 5) is 7.60. The van der Waals surface area contributed by atoms with Crippen LogP contribution in [0.3, 0.4) is 0 Å². The predicted octanol–water partition coefficient (Wildman–Crippen LogP) is 3.77. The van der Waals surface area contributed by atoms with Crippen molar-refractivity contribution in [3.63, 3.8) is 0 Å². The van der Waals surface area contributed by atoms with Crippen molar-refractivity contribution < 1.29 is 9.94 Å². The quantitative estimate of drug-likeness (QED) is 0.458. The number of oxime groups is 1. The predicted molar refractivity (Wildman–Crippen MR) is 106 cm³/mol. The highest BCUT2D eigenvalue weighted by Crippen LogP contribution is 2.52. The third-order valence-corrected chi connectivity index (χ3v) is 6.31. The minimum absolute atomic E-state index is 0.209. The highest BCUT2D eigenvalue weighted by Gasteiger charge is 2.48. The van der Waals surface area contributed by atoms with Crippen LogP contribution in [0.4, 0.5) is 0 Å². The molecule has 3 rings (SSSR count). The molecule has 4 heteroatoms.